The van der Waals surface area contributed by atoms with Crippen LogP contribution in [0.4, 0.5) is 5.82 Å². The number of aromatic nitrogens is 4. The molecule has 3 aromatic heterocycles. The van der Waals surface area contributed by atoms with Crippen molar-refractivity contribution >= 4 is 27.8 Å². The maximum atomic E-state index is 5.40. The molecule has 2 fully saturated rings. The van der Waals surface area contributed by atoms with E-state index >= 15 is 0 Å². The van der Waals surface area contributed by atoms with Crippen molar-refractivity contribution in [3.63, 3.8) is 0 Å². The van der Waals surface area contributed by atoms with E-state index in [0.717, 1.165) is 47.2 Å². The van der Waals surface area contributed by atoms with Crippen LogP contribution < -0.4 is 10.1 Å². The summed E-state index contributed by atoms with van der Waals surface area (Å²) in [5, 5.41) is 5.72. The van der Waals surface area contributed by atoms with Gasteiger partial charge in [-0.05, 0) is 86.6 Å². The van der Waals surface area contributed by atoms with Crippen molar-refractivity contribution in [1.82, 2.24) is 19.5 Å². The smallest absolute Gasteiger partial charge is 0.225 e. The molecule has 2 atom stereocenters. The number of benzene rings is 1. The fourth-order valence-electron chi connectivity index (χ4n) is 5.33. The Morgan fingerprint density at radius 3 is 2.79 bits per heavy atom. The van der Waals surface area contributed by atoms with E-state index in [4.69, 9.17) is 9.72 Å². The maximum absolute atomic E-state index is 5.40. The van der Waals surface area contributed by atoms with Gasteiger partial charge in [-0.1, -0.05) is 12.1 Å². The third kappa shape index (κ3) is 4.26. The van der Waals surface area contributed by atoms with Gasteiger partial charge in [-0.2, -0.15) is 0 Å². The SMILES string of the molecule is COc1ncnc2c1ccn2C1CCC(CCc2ccc3ccc(NCC4CC4)nc3c2)C1. The maximum Gasteiger partial charge on any atom is 0.225 e. The van der Waals surface area contributed by atoms with E-state index in [9.17, 15) is 0 Å². The topological polar surface area (TPSA) is 64.9 Å². The Labute approximate surface area is 194 Å². The normalized spacial score (nSPS) is 20.5. The number of nitrogens with zero attached hydrogens (tertiary/aromatic N) is 4. The molecule has 4 aromatic rings. The van der Waals surface area contributed by atoms with Gasteiger partial charge in [0.2, 0.25) is 5.88 Å². The van der Waals surface area contributed by atoms with Crippen molar-refractivity contribution in [2.24, 2.45) is 11.8 Å². The molecule has 0 spiro atoms. The quantitative estimate of drug-likeness (QED) is 0.375. The second kappa shape index (κ2) is 8.65. The molecule has 0 saturated heterocycles. The van der Waals surface area contributed by atoms with E-state index in [1.165, 1.54) is 49.5 Å². The Morgan fingerprint density at radius 2 is 1.91 bits per heavy atom. The number of methoxy groups -OCH3 is 1. The number of hydrogen-bond donors (Lipinski definition) is 1. The summed E-state index contributed by atoms with van der Waals surface area (Å²) in [4.78, 5) is 13.6. The molecule has 2 aliphatic rings. The molecule has 2 aliphatic carbocycles. The van der Waals surface area contributed by atoms with Gasteiger partial charge in [-0.25, -0.2) is 15.0 Å². The van der Waals surface area contributed by atoms with E-state index in [0.29, 0.717) is 11.9 Å². The minimum Gasteiger partial charge on any atom is -0.480 e. The van der Waals surface area contributed by atoms with Crippen LogP contribution in [-0.4, -0.2) is 33.2 Å². The molecular weight excluding hydrogens is 410 g/mol. The molecule has 0 bridgehead atoms. The van der Waals surface area contributed by atoms with E-state index in [1.807, 2.05) is 0 Å². The molecule has 6 nitrogen and oxygen atoms in total. The highest BCUT2D eigenvalue weighted by atomic mass is 16.5. The summed E-state index contributed by atoms with van der Waals surface area (Å²) < 4.78 is 7.73. The Bertz CT molecular complexity index is 1280. The number of hydrogen-bond acceptors (Lipinski definition) is 5. The van der Waals surface area contributed by atoms with Crippen molar-refractivity contribution in [3.8, 4) is 5.88 Å². The molecule has 33 heavy (non-hydrogen) atoms. The zero-order chi connectivity index (χ0) is 22.2. The fraction of sp³-hybridized carbons (Fsp3) is 0.444. The molecule has 6 heteroatoms. The average Bonchev–Trinajstić information content (AvgIpc) is 3.39. The van der Waals surface area contributed by atoms with Crippen molar-refractivity contribution in [1.29, 1.82) is 0 Å². The lowest BCUT2D eigenvalue weighted by Crippen LogP contribution is -2.06. The van der Waals surface area contributed by atoms with Gasteiger partial charge in [0.25, 0.3) is 0 Å². The largest absolute Gasteiger partial charge is 0.480 e. The Hall–Kier alpha value is -3.15. The minimum atomic E-state index is 0.505. The predicted octanol–water partition coefficient (Wildman–Crippen LogP) is 5.78. The molecule has 0 aliphatic heterocycles. The lowest BCUT2D eigenvalue weighted by Gasteiger charge is -2.15. The van der Waals surface area contributed by atoms with Crippen molar-refractivity contribution in [2.45, 2.75) is 51.0 Å². The second-order valence-electron chi connectivity index (χ2n) is 9.76. The van der Waals surface area contributed by atoms with Crippen molar-refractivity contribution in [3.05, 3.63) is 54.5 Å². The number of rotatable bonds is 8. The van der Waals surface area contributed by atoms with Crippen molar-refractivity contribution in [2.75, 3.05) is 19.0 Å². The summed E-state index contributed by atoms with van der Waals surface area (Å²) in [5.41, 5.74) is 3.48. The molecule has 0 amide bonds. The summed E-state index contributed by atoms with van der Waals surface area (Å²) in [6.07, 6.45) is 12.5. The minimum absolute atomic E-state index is 0.505. The van der Waals surface area contributed by atoms with E-state index in [1.54, 1.807) is 13.4 Å². The first-order valence-electron chi connectivity index (χ1n) is 12.3. The van der Waals surface area contributed by atoms with Gasteiger partial charge in [0.15, 0.2) is 0 Å². The number of pyridine rings is 1. The van der Waals surface area contributed by atoms with Gasteiger partial charge in [0, 0.05) is 24.2 Å². The third-order valence-corrected chi connectivity index (χ3v) is 7.44. The summed E-state index contributed by atoms with van der Waals surface area (Å²) in [6, 6.07) is 13.7. The monoisotopic (exact) mass is 441 g/mol. The molecule has 2 saturated carbocycles. The molecule has 170 valence electrons. The molecular formula is C27H31N5O. The highest BCUT2D eigenvalue weighted by Gasteiger charge is 2.27. The Kier molecular flexibility index (Phi) is 5.36. The van der Waals surface area contributed by atoms with Crippen LogP contribution in [0, 0.1) is 11.8 Å². The first-order valence-corrected chi connectivity index (χ1v) is 12.3. The Morgan fingerprint density at radius 1 is 1.03 bits per heavy atom. The van der Waals surface area contributed by atoms with Gasteiger partial charge < -0.3 is 14.6 Å². The number of aryl methyl sites for hydroxylation is 1. The van der Waals surface area contributed by atoms with Gasteiger partial charge in [0.05, 0.1) is 18.0 Å². The van der Waals surface area contributed by atoms with E-state index in [-0.39, 0.29) is 0 Å². The predicted molar refractivity (Wildman–Crippen MR) is 132 cm³/mol. The zero-order valence-electron chi connectivity index (χ0n) is 19.2. The van der Waals surface area contributed by atoms with Gasteiger partial charge in [-0.15, -0.1) is 0 Å². The first kappa shape index (κ1) is 20.5. The zero-order valence-corrected chi connectivity index (χ0v) is 19.2. The second-order valence-corrected chi connectivity index (χ2v) is 9.76. The number of ether oxygens (including phenoxy) is 1. The van der Waals surface area contributed by atoms with Crippen LogP contribution in [-0.2, 0) is 6.42 Å². The summed E-state index contributed by atoms with van der Waals surface area (Å²) in [5.74, 6) is 3.25. The average molecular weight is 442 g/mol. The van der Waals surface area contributed by atoms with Crippen LogP contribution in [0.5, 0.6) is 5.88 Å². The highest BCUT2D eigenvalue weighted by molar-refractivity contribution is 5.82. The van der Waals surface area contributed by atoms with E-state index in [2.05, 4.69) is 62.4 Å². The Balaban J connectivity index is 1.10. The van der Waals surface area contributed by atoms with Crippen molar-refractivity contribution < 1.29 is 4.74 Å². The molecule has 1 aromatic carbocycles. The standard InChI is InChI=1S/C27H31N5O/c1-33-27-23-12-13-32(26(23)29-17-30-27)22-10-7-18(14-22)2-3-19-6-8-21-9-11-25(31-24(21)15-19)28-16-20-4-5-20/h6,8-9,11-13,15,17-18,20,22H,2-5,7,10,14,16H2,1H3,(H,28,31). The van der Waals surface area contributed by atoms with Crippen LogP contribution in [0.25, 0.3) is 21.9 Å². The lowest BCUT2D eigenvalue weighted by atomic mass is 9.97. The molecule has 1 N–H and O–H groups in total. The molecule has 6 rings (SSSR count). The molecule has 3 heterocycles. The van der Waals surface area contributed by atoms with Gasteiger partial charge >= 0.3 is 0 Å². The third-order valence-electron chi connectivity index (χ3n) is 7.44. The molecule has 0 radical (unpaired) electrons. The number of fused-ring (bicyclic) bond motifs is 2. The van der Waals surface area contributed by atoms with Crippen LogP contribution >= 0.6 is 0 Å². The van der Waals surface area contributed by atoms with Crippen LogP contribution in [0.15, 0.2) is 48.9 Å². The fourth-order valence-corrected chi connectivity index (χ4v) is 5.33. The summed E-state index contributed by atoms with van der Waals surface area (Å²) >= 11 is 0. The number of nitrogens with one attached hydrogen (secondary N) is 1. The van der Waals surface area contributed by atoms with Crippen LogP contribution in [0.2, 0.25) is 0 Å². The summed E-state index contributed by atoms with van der Waals surface area (Å²) in [7, 11) is 1.67. The van der Waals surface area contributed by atoms with Gasteiger partial charge in [0.1, 0.15) is 17.8 Å². The highest BCUT2D eigenvalue weighted by Crippen LogP contribution is 2.39. The van der Waals surface area contributed by atoms with Crippen LogP contribution in [0.1, 0.15) is 50.1 Å². The van der Waals surface area contributed by atoms with Gasteiger partial charge in [-0.3, -0.25) is 0 Å². The lowest BCUT2D eigenvalue weighted by molar-refractivity contribution is 0.402. The first-order chi connectivity index (χ1) is 16.3. The summed E-state index contributed by atoms with van der Waals surface area (Å²) in [6.45, 7) is 1.05. The van der Waals surface area contributed by atoms with E-state index < -0.39 is 0 Å². The molecule has 2 unspecified atom stereocenters. The number of anilines is 1. The van der Waals surface area contributed by atoms with Crippen LogP contribution in [0.3, 0.4) is 0 Å².